The third-order valence-electron chi connectivity index (χ3n) is 11.0. The number of phenols is 6. The van der Waals surface area contributed by atoms with Crippen LogP contribution in [0, 0.1) is 0 Å². The molecule has 14 N–H and O–H groups in total. The second kappa shape index (κ2) is 15.2. The van der Waals surface area contributed by atoms with E-state index in [-0.39, 0.29) is 28.2 Å². The molecule has 16 heteroatoms. The molecule has 16 nitrogen and oxygen atoms in total. The van der Waals surface area contributed by atoms with Crippen molar-refractivity contribution >= 4 is 11.6 Å². The van der Waals surface area contributed by atoms with Gasteiger partial charge in [0.1, 0.15) is 77.2 Å². The number of hydrogen-bond donors (Lipinski definition) is 14. The molecule has 0 radical (unpaired) electrons. The maximum absolute atomic E-state index is 12.3. The lowest BCUT2D eigenvalue weighted by molar-refractivity contribution is -0.251. The Morgan fingerprint density at radius 1 is 0.518 bits per heavy atom. The predicted molar refractivity (Wildman–Crippen MR) is 194 cm³/mol. The molecule has 4 aromatic carbocycles. The molecule has 2 saturated heterocycles. The van der Waals surface area contributed by atoms with E-state index in [1.807, 2.05) is 0 Å². The van der Waals surface area contributed by atoms with Crippen molar-refractivity contribution in [2.75, 3.05) is 13.2 Å². The molecule has 56 heavy (non-hydrogen) atoms. The summed E-state index contributed by atoms with van der Waals surface area (Å²) in [5.41, 5.74) is 1.11. The molecule has 12 atom stereocenters. The van der Waals surface area contributed by atoms with Crippen molar-refractivity contribution in [2.45, 2.75) is 72.9 Å². The number of aromatic hydroxyl groups is 6. The molecule has 0 spiro atoms. The van der Waals surface area contributed by atoms with Gasteiger partial charge in [-0.1, -0.05) is 30.3 Å². The van der Waals surface area contributed by atoms with Crippen LogP contribution in [0.4, 0.5) is 0 Å². The number of rotatable bonds is 7. The van der Waals surface area contributed by atoms with E-state index in [1.54, 1.807) is 30.3 Å². The molecule has 0 unspecified atom stereocenters. The highest BCUT2D eigenvalue weighted by molar-refractivity contribution is 5.93. The Labute approximate surface area is 318 Å². The molecule has 7 rings (SSSR count). The Morgan fingerprint density at radius 2 is 1.05 bits per heavy atom. The zero-order valence-electron chi connectivity index (χ0n) is 29.3. The number of hydrogen-bond acceptors (Lipinski definition) is 16. The summed E-state index contributed by atoms with van der Waals surface area (Å²) in [4.78, 5) is 0. The number of phenolic OH excluding ortho intramolecular Hbond substituents is 6. The van der Waals surface area contributed by atoms with E-state index in [9.17, 15) is 71.5 Å². The molecule has 0 aromatic heterocycles. The van der Waals surface area contributed by atoms with Gasteiger partial charge in [0, 0.05) is 23.0 Å². The van der Waals surface area contributed by atoms with E-state index in [4.69, 9.17) is 9.47 Å². The molecule has 298 valence electrons. The second-order valence-corrected chi connectivity index (χ2v) is 14.3. The van der Waals surface area contributed by atoms with Crippen LogP contribution >= 0.6 is 0 Å². The first-order valence-electron chi connectivity index (χ1n) is 17.7. The van der Waals surface area contributed by atoms with Crippen molar-refractivity contribution in [2.24, 2.45) is 0 Å². The van der Waals surface area contributed by atoms with Crippen LogP contribution in [0.2, 0.25) is 0 Å². The van der Waals surface area contributed by atoms with Crippen LogP contribution in [0.25, 0.3) is 11.6 Å². The molecule has 2 heterocycles. The average Bonchev–Trinajstić information content (AvgIpc) is 3.48. The lowest BCUT2D eigenvalue weighted by atomic mass is 9.77. The standard InChI is InChI=1S/C40H42O16/c41-13-25-34(49)37(52)38(53)39(55-25)30-22(45)10-17(11-23(30)46)28-27(16-3-7-19(44)8-4-16)20(9-15-1-5-18(43)6-2-15)21-12-24(47)31(35(50)29(21)28)32-36(51)33(48)26(14-42)56-40(32)54/h1-12,25-28,32-34,36-54H,13-14H2/b20-9-/t25-,26-,27+,28-,32-,33-,34-,36-,37+,38-,39+,40-/m1/s1. The van der Waals surface area contributed by atoms with Crippen LogP contribution < -0.4 is 0 Å². The SMILES string of the molecule is OC[C@H]1O[C@@H](c2c(O)cc([C@H]3c4c(cc(O)c([C@@H]5[C@@H](O)[C@H](O)[C@@H](CO)O[C@H]5O)c4O)/C(=C/c4ccc(O)cc4)[C@@H]3c3ccc(O)cc3)cc2O)[C@H](O)[C@@H](O)[C@@H]1O. The third kappa shape index (κ3) is 6.58. The van der Waals surface area contributed by atoms with E-state index >= 15 is 0 Å². The third-order valence-corrected chi connectivity index (χ3v) is 11.0. The molecule has 2 aliphatic heterocycles. The van der Waals surface area contributed by atoms with E-state index in [0.717, 1.165) is 0 Å². The quantitative estimate of drug-likeness (QED) is 0.121. The zero-order chi connectivity index (χ0) is 40.3. The van der Waals surface area contributed by atoms with Crippen LogP contribution in [0.3, 0.4) is 0 Å². The van der Waals surface area contributed by atoms with Crippen molar-refractivity contribution < 1.29 is 81.0 Å². The fourth-order valence-corrected chi connectivity index (χ4v) is 8.28. The van der Waals surface area contributed by atoms with Gasteiger partial charge in [-0.2, -0.15) is 0 Å². The maximum atomic E-state index is 12.3. The van der Waals surface area contributed by atoms with Gasteiger partial charge in [-0.05, 0) is 70.3 Å². The van der Waals surface area contributed by atoms with Crippen LogP contribution in [-0.4, -0.2) is 134 Å². The van der Waals surface area contributed by atoms with E-state index in [0.29, 0.717) is 16.7 Å². The Bertz CT molecular complexity index is 2080. The van der Waals surface area contributed by atoms with Gasteiger partial charge >= 0.3 is 0 Å². The van der Waals surface area contributed by atoms with Gasteiger partial charge in [-0.25, -0.2) is 0 Å². The Balaban J connectivity index is 1.47. The summed E-state index contributed by atoms with van der Waals surface area (Å²) < 4.78 is 11.0. The zero-order valence-corrected chi connectivity index (χ0v) is 29.3. The molecule has 1 aliphatic carbocycles. The summed E-state index contributed by atoms with van der Waals surface area (Å²) in [5.74, 6) is -6.32. The number of benzene rings is 4. The summed E-state index contributed by atoms with van der Waals surface area (Å²) in [7, 11) is 0. The number of aliphatic hydroxyl groups is 8. The van der Waals surface area contributed by atoms with Gasteiger partial charge in [0.2, 0.25) is 0 Å². The number of allylic oxidation sites excluding steroid dienone is 1. The smallest absolute Gasteiger partial charge is 0.164 e. The summed E-state index contributed by atoms with van der Waals surface area (Å²) in [6.07, 6.45) is -13.7. The highest BCUT2D eigenvalue weighted by Crippen LogP contribution is 2.61. The van der Waals surface area contributed by atoms with Crippen molar-refractivity contribution in [3.05, 3.63) is 106 Å². The summed E-state index contributed by atoms with van der Waals surface area (Å²) in [6.45, 7) is -1.54. The first kappa shape index (κ1) is 39.3. The maximum Gasteiger partial charge on any atom is 0.164 e. The molecule has 2 fully saturated rings. The minimum Gasteiger partial charge on any atom is -0.508 e. The first-order chi connectivity index (χ1) is 26.7. The van der Waals surface area contributed by atoms with Gasteiger partial charge in [-0.15, -0.1) is 0 Å². The van der Waals surface area contributed by atoms with E-state index in [1.165, 1.54) is 42.5 Å². The lowest BCUT2D eigenvalue weighted by Crippen LogP contribution is -2.55. The second-order valence-electron chi connectivity index (χ2n) is 14.3. The minimum atomic E-state index is -1.94. The monoisotopic (exact) mass is 778 g/mol. The predicted octanol–water partition coefficient (Wildman–Crippen LogP) is 0.420. The summed E-state index contributed by atoms with van der Waals surface area (Å²) >= 11 is 0. The number of aliphatic hydroxyl groups excluding tert-OH is 8. The van der Waals surface area contributed by atoms with Crippen molar-refractivity contribution in [1.82, 2.24) is 0 Å². The van der Waals surface area contributed by atoms with Crippen LogP contribution in [0.1, 0.15) is 62.8 Å². The molecule has 0 amide bonds. The Hall–Kier alpha value is -4.98. The molecular weight excluding hydrogens is 736 g/mol. The fraction of sp³-hybridized carbons (Fsp3) is 0.350. The van der Waals surface area contributed by atoms with E-state index in [2.05, 4.69) is 0 Å². The van der Waals surface area contributed by atoms with Gasteiger partial charge in [0.05, 0.1) is 30.8 Å². The Kier molecular flexibility index (Phi) is 10.6. The molecule has 0 saturated carbocycles. The van der Waals surface area contributed by atoms with Crippen LogP contribution in [0.5, 0.6) is 34.5 Å². The van der Waals surface area contributed by atoms with Crippen LogP contribution in [-0.2, 0) is 9.47 Å². The van der Waals surface area contributed by atoms with Crippen molar-refractivity contribution in [3.8, 4) is 34.5 Å². The van der Waals surface area contributed by atoms with E-state index < -0.39 is 120 Å². The van der Waals surface area contributed by atoms with Gasteiger partial charge in [-0.3, -0.25) is 0 Å². The lowest BCUT2D eigenvalue weighted by Gasteiger charge is -2.41. The first-order valence-corrected chi connectivity index (χ1v) is 17.7. The van der Waals surface area contributed by atoms with Crippen LogP contribution in [0.15, 0.2) is 66.7 Å². The minimum absolute atomic E-state index is 0.0188. The number of ether oxygens (including phenoxy) is 2. The largest absolute Gasteiger partial charge is 0.508 e. The summed E-state index contributed by atoms with van der Waals surface area (Å²) in [5, 5.41) is 151. The molecular formula is C40H42O16. The highest BCUT2D eigenvalue weighted by atomic mass is 16.6. The fourth-order valence-electron chi connectivity index (χ4n) is 8.28. The highest BCUT2D eigenvalue weighted by Gasteiger charge is 2.50. The topological polar surface area (TPSA) is 302 Å². The molecule has 4 aromatic rings. The van der Waals surface area contributed by atoms with Gasteiger partial charge in [0.15, 0.2) is 6.29 Å². The normalized spacial score (nSPS) is 32.4. The average molecular weight is 779 g/mol. The summed E-state index contributed by atoms with van der Waals surface area (Å²) in [6, 6.07) is 15.8. The van der Waals surface area contributed by atoms with Crippen molar-refractivity contribution in [1.29, 1.82) is 0 Å². The molecule has 0 bridgehead atoms. The Morgan fingerprint density at radius 3 is 1.64 bits per heavy atom. The number of fused-ring (bicyclic) bond motifs is 1. The van der Waals surface area contributed by atoms with Gasteiger partial charge in [0.25, 0.3) is 0 Å². The molecule has 3 aliphatic rings. The van der Waals surface area contributed by atoms with Crippen molar-refractivity contribution in [3.63, 3.8) is 0 Å². The van der Waals surface area contributed by atoms with Gasteiger partial charge < -0.3 is 81.0 Å².